The molecule has 7 nitrogen and oxygen atoms in total. The largest absolute Gasteiger partial charge is 0.472 e. The maximum atomic E-state index is 12.6. The molecule has 2 amide bonds. The predicted molar refractivity (Wildman–Crippen MR) is 103 cm³/mol. The van der Waals surface area contributed by atoms with E-state index in [1.807, 2.05) is 4.90 Å². The van der Waals surface area contributed by atoms with E-state index in [1.54, 1.807) is 6.07 Å². The summed E-state index contributed by atoms with van der Waals surface area (Å²) < 4.78 is 4.94. The van der Waals surface area contributed by atoms with Gasteiger partial charge in [0.25, 0.3) is 5.91 Å². The van der Waals surface area contributed by atoms with E-state index in [0.29, 0.717) is 23.8 Å². The van der Waals surface area contributed by atoms with Gasteiger partial charge in [-0.05, 0) is 24.8 Å². The summed E-state index contributed by atoms with van der Waals surface area (Å²) in [6, 6.07) is 1.62. The molecule has 0 radical (unpaired) electrons. The maximum absolute atomic E-state index is 12.6. The lowest BCUT2D eigenvalue weighted by atomic mass is 9.99. The summed E-state index contributed by atoms with van der Waals surface area (Å²) in [7, 11) is 0. The molecule has 0 spiro atoms. The van der Waals surface area contributed by atoms with Crippen molar-refractivity contribution in [2.45, 2.75) is 32.7 Å². The minimum Gasteiger partial charge on any atom is -0.472 e. The summed E-state index contributed by atoms with van der Waals surface area (Å²) >= 11 is 1.49. The van der Waals surface area contributed by atoms with E-state index in [9.17, 15) is 9.59 Å². The van der Waals surface area contributed by atoms with Crippen molar-refractivity contribution >= 4 is 28.3 Å². The molecule has 144 valence electrons. The third-order valence-electron chi connectivity index (χ3n) is 5.31. The highest BCUT2D eigenvalue weighted by Gasteiger charge is 2.26. The number of nitrogens with one attached hydrogen (secondary N) is 1. The van der Waals surface area contributed by atoms with Gasteiger partial charge in [0.1, 0.15) is 6.26 Å². The number of carbonyl (C=O) groups excluding carboxylic acids is 2. The molecule has 8 heteroatoms. The van der Waals surface area contributed by atoms with Crippen LogP contribution < -0.4 is 5.32 Å². The van der Waals surface area contributed by atoms with Gasteiger partial charge in [0.15, 0.2) is 5.13 Å². The van der Waals surface area contributed by atoms with E-state index < -0.39 is 0 Å². The molecular weight excluding hydrogens is 364 g/mol. The van der Waals surface area contributed by atoms with Crippen LogP contribution in [0.1, 0.15) is 40.7 Å². The lowest BCUT2D eigenvalue weighted by Crippen LogP contribution is -2.44. The number of hydrogen-bond acceptors (Lipinski definition) is 6. The summed E-state index contributed by atoms with van der Waals surface area (Å²) in [4.78, 5) is 34.6. The quantitative estimate of drug-likeness (QED) is 0.871. The zero-order valence-corrected chi connectivity index (χ0v) is 16.3. The number of anilines is 1. The highest BCUT2D eigenvalue weighted by Crippen LogP contribution is 2.28. The molecule has 1 N–H and O–H groups in total. The summed E-state index contributed by atoms with van der Waals surface area (Å²) in [6.07, 6.45) is 5.89. The first-order valence-corrected chi connectivity index (χ1v) is 10.2. The number of thiazole rings is 1. The molecule has 1 saturated heterocycles. The molecule has 2 aliphatic rings. The summed E-state index contributed by atoms with van der Waals surface area (Å²) in [5.74, 6) is 0.726. The van der Waals surface area contributed by atoms with Gasteiger partial charge in [-0.3, -0.25) is 19.8 Å². The second-order valence-electron chi connectivity index (χ2n) is 7.38. The summed E-state index contributed by atoms with van der Waals surface area (Å²) in [6.45, 7) is 6.00. The summed E-state index contributed by atoms with van der Waals surface area (Å²) in [5, 5.41) is 3.43. The van der Waals surface area contributed by atoms with Crippen molar-refractivity contribution in [3.8, 4) is 0 Å². The van der Waals surface area contributed by atoms with Crippen molar-refractivity contribution in [1.29, 1.82) is 0 Å². The molecule has 0 atom stereocenters. The Hall–Kier alpha value is -2.19. The van der Waals surface area contributed by atoms with Gasteiger partial charge < -0.3 is 9.32 Å². The Kier molecular flexibility index (Phi) is 5.27. The fourth-order valence-corrected chi connectivity index (χ4v) is 4.59. The number of hydrogen-bond donors (Lipinski definition) is 1. The van der Waals surface area contributed by atoms with Gasteiger partial charge >= 0.3 is 0 Å². The van der Waals surface area contributed by atoms with Crippen molar-refractivity contribution in [3.05, 3.63) is 34.7 Å². The molecule has 2 aromatic rings. The van der Waals surface area contributed by atoms with Gasteiger partial charge in [-0.1, -0.05) is 6.92 Å². The predicted octanol–water partition coefficient (Wildman–Crippen LogP) is 2.61. The first-order chi connectivity index (χ1) is 13.1. The number of likely N-dealkylation sites (tertiary alicyclic amines) is 1. The molecule has 4 heterocycles. The molecule has 2 aromatic heterocycles. The lowest BCUT2D eigenvalue weighted by molar-refractivity contribution is -0.134. The number of carbonyl (C=O) groups is 2. The van der Waals surface area contributed by atoms with Crippen LogP contribution in [0.2, 0.25) is 0 Å². The van der Waals surface area contributed by atoms with Crippen LogP contribution >= 0.6 is 11.3 Å². The zero-order valence-electron chi connectivity index (χ0n) is 15.4. The lowest BCUT2D eigenvalue weighted by Gasteiger charge is -2.33. The van der Waals surface area contributed by atoms with E-state index in [0.717, 1.165) is 55.4 Å². The first kappa shape index (κ1) is 18.2. The van der Waals surface area contributed by atoms with Gasteiger partial charge in [-0.15, -0.1) is 11.3 Å². The Labute approximate surface area is 162 Å². The maximum Gasteiger partial charge on any atom is 0.260 e. The number of rotatable bonds is 4. The molecular formula is C19H24N4O3S. The number of fused-ring (bicyclic) bond motifs is 1. The number of piperidine rings is 1. The highest BCUT2D eigenvalue weighted by atomic mass is 32.1. The fraction of sp³-hybridized carbons (Fsp3) is 0.526. The number of amides is 2. The third kappa shape index (κ3) is 4.22. The zero-order chi connectivity index (χ0) is 18.8. The number of nitrogens with zero attached hydrogens (tertiary/aromatic N) is 3. The van der Waals surface area contributed by atoms with Gasteiger partial charge in [-0.25, -0.2) is 4.98 Å². The van der Waals surface area contributed by atoms with Crippen LogP contribution in [-0.4, -0.2) is 52.8 Å². The first-order valence-electron chi connectivity index (χ1n) is 9.41. The van der Waals surface area contributed by atoms with Crippen LogP contribution in [0.5, 0.6) is 0 Å². The van der Waals surface area contributed by atoms with Crippen molar-refractivity contribution < 1.29 is 14.0 Å². The van der Waals surface area contributed by atoms with Gasteiger partial charge in [0, 0.05) is 37.5 Å². The second-order valence-corrected chi connectivity index (χ2v) is 8.46. The molecule has 2 aliphatic heterocycles. The monoisotopic (exact) mass is 388 g/mol. The average molecular weight is 388 g/mol. The van der Waals surface area contributed by atoms with E-state index in [-0.39, 0.29) is 11.8 Å². The summed E-state index contributed by atoms with van der Waals surface area (Å²) in [5.41, 5.74) is 1.50. The van der Waals surface area contributed by atoms with Crippen molar-refractivity contribution in [2.24, 2.45) is 5.92 Å². The van der Waals surface area contributed by atoms with Crippen LogP contribution in [0.15, 0.2) is 23.0 Å². The Morgan fingerprint density at radius 1 is 1.33 bits per heavy atom. The normalized spacial score (nSPS) is 18.3. The van der Waals surface area contributed by atoms with Gasteiger partial charge in [0.2, 0.25) is 5.91 Å². The standard InChI is InChI=1S/C19H24N4O3S/c1-13-2-7-23(8-3-13)17(24)11-22-6-4-15-16(10-22)27-19(20-15)21-18(25)14-5-9-26-12-14/h5,9,12-13H,2-4,6-8,10-11H2,1H3,(H,20,21,25). The van der Waals surface area contributed by atoms with Crippen molar-refractivity contribution in [2.75, 3.05) is 31.5 Å². The Morgan fingerprint density at radius 2 is 2.15 bits per heavy atom. The molecule has 0 saturated carbocycles. The van der Waals surface area contributed by atoms with Crippen molar-refractivity contribution in [3.63, 3.8) is 0 Å². The second kappa shape index (κ2) is 7.82. The fourth-order valence-electron chi connectivity index (χ4n) is 3.55. The molecule has 0 aliphatic carbocycles. The molecule has 0 unspecified atom stereocenters. The Bertz CT molecular complexity index is 809. The molecule has 0 bridgehead atoms. The molecule has 27 heavy (non-hydrogen) atoms. The van der Waals surface area contributed by atoms with Crippen LogP contribution in [0.4, 0.5) is 5.13 Å². The van der Waals surface area contributed by atoms with Gasteiger partial charge in [-0.2, -0.15) is 0 Å². The minimum absolute atomic E-state index is 0.221. The Morgan fingerprint density at radius 3 is 2.89 bits per heavy atom. The van der Waals surface area contributed by atoms with Gasteiger partial charge in [0.05, 0.1) is 24.1 Å². The molecule has 0 aromatic carbocycles. The SMILES string of the molecule is CC1CCN(C(=O)CN2CCc3nc(NC(=O)c4ccoc4)sc3C2)CC1. The van der Waals surface area contributed by atoms with E-state index >= 15 is 0 Å². The van der Waals surface area contributed by atoms with E-state index in [1.165, 1.54) is 23.9 Å². The van der Waals surface area contributed by atoms with E-state index in [2.05, 4.69) is 22.1 Å². The van der Waals surface area contributed by atoms with Crippen molar-refractivity contribution in [1.82, 2.24) is 14.8 Å². The van der Waals surface area contributed by atoms with Crippen LogP contribution in [0, 0.1) is 5.92 Å². The van der Waals surface area contributed by atoms with Crippen LogP contribution in [0.25, 0.3) is 0 Å². The third-order valence-corrected chi connectivity index (χ3v) is 6.31. The Balaban J connectivity index is 1.34. The molecule has 4 rings (SSSR count). The van der Waals surface area contributed by atoms with Crippen LogP contribution in [0.3, 0.4) is 0 Å². The minimum atomic E-state index is -0.221. The molecule has 1 fully saturated rings. The average Bonchev–Trinajstić information content (AvgIpc) is 3.31. The number of aromatic nitrogens is 1. The highest BCUT2D eigenvalue weighted by molar-refractivity contribution is 7.15. The topological polar surface area (TPSA) is 78.7 Å². The number of furan rings is 1. The van der Waals surface area contributed by atoms with Crippen LogP contribution in [-0.2, 0) is 17.8 Å². The smallest absolute Gasteiger partial charge is 0.260 e. The van der Waals surface area contributed by atoms with E-state index in [4.69, 9.17) is 4.42 Å².